The Balaban J connectivity index is 1.91. The molecule has 2 aromatic rings. The van der Waals surface area contributed by atoms with Crippen LogP contribution in [-0.2, 0) is 0 Å². The van der Waals surface area contributed by atoms with Gasteiger partial charge < -0.3 is 5.32 Å². The number of thiocarbonyl (C=S) groups is 1. The lowest BCUT2D eigenvalue weighted by molar-refractivity contribution is 1.05. The van der Waals surface area contributed by atoms with Gasteiger partial charge in [0.2, 0.25) is 0 Å². The molecule has 6 heteroatoms. The molecule has 3 nitrogen and oxygen atoms in total. The van der Waals surface area contributed by atoms with Crippen LogP contribution in [0, 0.1) is 6.92 Å². The number of halogens is 2. The molecule has 108 valence electrons. The van der Waals surface area contributed by atoms with Gasteiger partial charge in [-0.2, -0.15) is 5.10 Å². The Morgan fingerprint density at radius 1 is 1.14 bits per heavy atom. The molecule has 0 saturated heterocycles. The molecule has 0 heterocycles. The zero-order valence-corrected chi connectivity index (χ0v) is 13.6. The SMILES string of the molecule is Cc1ccc(NC(=S)NN=Cc2ccc(Cl)cc2Cl)cc1. The molecular weight excluding hydrogens is 325 g/mol. The molecule has 0 bridgehead atoms. The number of rotatable bonds is 3. The van der Waals surface area contributed by atoms with Gasteiger partial charge in [0.05, 0.1) is 11.2 Å². The van der Waals surface area contributed by atoms with E-state index in [1.807, 2.05) is 31.2 Å². The third-order valence-corrected chi connectivity index (χ3v) is 3.40. The highest BCUT2D eigenvalue weighted by Crippen LogP contribution is 2.19. The molecule has 2 rings (SSSR count). The van der Waals surface area contributed by atoms with Gasteiger partial charge in [-0.25, -0.2) is 0 Å². The van der Waals surface area contributed by atoms with E-state index in [0.29, 0.717) is 15.2 Å². The van der Waals surface area contributed by atoms with Crippen LogP contribution in [0.3, 0.4) is 0 Å². The van der Waals surface area contributed by atoms with E-state index in [-0.39, 0.29) is 0 Å². The lowest BCUT2D eigenvalue weighted by atomic mass is 10.2. The van der Waals surface area contributed by atoms with Crippen LogP contribution >= 0.6 is 35.4 Å². The van der Waals surface area contributed by atoms with Crippen LogP contribution in [0.1, 0.15) is 11.1 Å². The topological polar surface area (TPSA) is 36.4 Å². The number of hydrogen-bond donors (Lipinski definition) is 2. The van der Waals surface area contributed by atoms with Crippen molar-refractivity contribution in [3.63, 3.8) is 0 Å². The van der Waals surface area contributed by atoms with Crippen LogP contribution in [-0.4, -0.2) is 11.3 Å². The van der Waals surface area contributed by atoms with Gasteiger partial charge in [-0.15, -0.1) is 0 Å². The highest BCUT2D eigenvalue weighted by atomic mass is 35.5. The molecule has 0 fully saturated rings. The largest absolute Gasteiger partial charge is 0.331 e. The van der Waals surface area contributed by atoms with E-state index in [2.05, 4.69) is 15.8 Å². The first-order valence-corrected chi connectivity index (χ1v) is 7.33. The summed E-state index contributed by atoms with van der Waals surface area (Å²) in [5.41, 5.74) is 5.58. The van der Waals surface area contributed by atoms with E-state index in [1.54, 1.807) is 24.4 Å². The molecule has 0 atom stereocenters. The average Bonchev–Trinajstić information content (AvgIpc) is 2.44. The molecule has 0 aliphatic rings. The minimum Gasteiger partial charge on any atom is -0.331 e. The smallest absolute Gasteiger partial charge is 0.191 e. The molecule has 2 aromatic carbocycles. The van der Waals surface area contributed by atoms with Crippen molar-refractivity contribution in [1.82, 2.24) is 5.43 Å². The summed E-state index contributed by atoms with van der Waals surface area (Å²) >= 11 is 17.0. The summed E-state index contributed by atoms with van der Waals surface area (Å²) in [7, 11) is 0. The number of benzene rings is 2. The maximum Gasteiger partial charge on any atom is 0.191 e. The van der Waals surface area contributed by atoms with Crippen LogP contribution in [0.4, 0.5) is 5.69 Å². The summed E-state index contributed by atoms with van der Waals surface area (Å²) in [4.78, 5) is 0. The quantitative estimate of drug-likeness (QED) is 0.487. The number of hydrazone groups is 1. The fourth-order valence-electron chi connectivity index (χ4n) is 1.56. The summed E-state index contributed by atoms with van der Waals surface area (Å²) in [5, 5.41) is 8.59. The Labute approximate surface area is 139 Å². The van der Waals surface area contributed by atoms with E-state index >= 15 is 0 Å². The van der Waals surface area contributed by atoms with Crippen LogP contribution in [0.15, 0.2) is 47.6 Å². The molecule has 0 saturated carbocycles. The van der Waals surface area contributed by atoms with Crippen molar-refractivity contribution < 1.29 is 0 Å². The number of nitrogens with zero attached hydrogens (tertiary/aromatic N) is 1. The lowest BCUT2D eigenvalue weighted by Gasteiger charge is -2.07. The number of anilines is 1. The highest BCUT2D eigenvalue weighted by Gasteiger charge is 1.99. The van der Waals surface area contributed by atoms with Gasteiger partial charge in [0.25, 0.3) is 0 Å². The number of hydrogen-bond acceptors (Lipinski definition) is 2. The Morgan fingerprint density at radius 2 is 1.86 bits per heavy atom. The summed E-state index contributed by atoms with van der Waals surface area (Å²) in [5.74, 6) is 0. The van der Waals surface area contributed by atoms with E-state index in [0.717, 1.165) is 11.3 Å². The van der Waals surface area contributed by atoms with Crippen LogP contribution in [0.2, 0.25) is 10.0 Å². The monoisotopic (exact) mass is 337 g/mol. The molecule has 0 aliphatic heterocycles. The Morgan fingerprint density at radius 3 is 2.52 bits per heavy atom. The summed E-state index contributed by atoms with van der Waals surface area (Å²) < 4.78 is 0. The van der Waals surface area contributed by atoms with Crippen molar-refractivity contribution in [3.05, 3.63) is 63.6 Å². The predicted octanol–water partition coefficient (Wildman–Crippen LogP) is 4.62. The van der Waals surface area contributed by atoms with Gasteiger partial charge in [-0.3, -0.25) is 5.43 Å². The van der Waals surface area contributed by atoms with Crippen molar-refractivity contribution in [2.45, 2.75) is 6.92 Å². The Bertz CT molecular complexity index is 669. The van der Waals surface area contributed by atoms with Crippen LogP contribution in [0.5, 0.6) is 0 Å². The van der Waals surface area contributed by atoms with E-state index < -0.39 is 0 Å². The molecule has 21 heavy (non-hydrogen) atoms. The maximum absolute atomic E-state index is 6.04. The van der Waals surface area contributed by atoms with Crippen molar-refractivity contribution in [3.8, 4) is 0 Å². The molecular formula is C15H13Cl2N3S. The summed E-state index contributed by atoms with van der Waals surface area (Å²) in [6, 6.07) is 13.1. The maximum atomic E-state index is 6.04. The van der Waals surface area contributed by atoms with Gasteiger partial charge in [-0.05, 0) is 43.4 Å². The molecule has 0 aromatic heterocycles. The van der Waals surface area contributed by atoms with E-state index in [1.165, 1.54) is 5.56 Å². The lowest BCUT2D eigenvalue weighted by Crippen LogP contribution is -2.23. The fourth-order valence-corrected chi connectivity index (χ4v) is 2.19. The van der Waals surface area contributed by atoms with Crippen LogP contribution < -0.4 is 10.7 Å². The second kappa shape index (κ2) is 7.41. The molecule has 0 radical (unpaired) electrons. The first kappa shape index (κ1) is 15.8. The first-order chi connectivity index (χ1) is 10.0. The van der Waals surface area contributed by atoms with Crippen molar-refractivity contribution in [1.29, 1.82) is 0 Å². The predicted molar refractivity (Wildman–Crippen MR) is 94.6 cm³/mol. The van der Waals surface area contributed by atoms with Gasteiger partial charge >= 0.3 is 0 Å². The first-order valence-electron chi connectivity index (χ1n) is 6.16. The molecule has 2 N–H and O–H groups in total. The molecule has 0 aliphatic carbocycles. The van der Waals surface area contributed by atoms with E-state index in [9.17, 15) is 0 Å². The second-order valence-corrected chi connectivity index (χ2v) is 5.61. The molecule has 0 amide bonds. The summed E-state index contributed by atoms with van der Waals surface area (Å²) in [6.07, 6.45) is 1.59. The summed E-state index contributed by atoms with van der Waals surface area (Å²) in [6.45, 7) is 2.03. The Kier molecular flexibility index (Phi) is 5.56. The van der Waals surface area contributed by atoms with E-state index in [4.69, 9.17) is 35.4 Å². The van der Waals surface area contributed by atoms with Crippen molar-refractivity contribution >= 4 is 52.4 Å². The zero-order valence-electron chi connectivity index (χ0n) is 11.2. The van der Waals surface area contributed by atoms with Gasteiger partial charge in [0, 0.05) is 16.3 Å². The molecule has 0 spiro atoms. The van der Waals surface area contributed by atoms with Gasteiger partial charge in [0.1, 0.15) is 0 Å². The average molecular weight is 338 g/mol. The number of aryl methyl sites for hydroxylation is 1. The minimum absolute atomic E-state index is 0.403. The Hall–Kier alpha value is -1.62. The minimum atomic E-state index is 0.403. The third-order valence-electron chi connectivity index (χ3n) is 2.64. The second-order valence-electron chi connectivity index (χ2n) is 4.36. The molecule has 0 unspecified atom stereocenters. The normalized spacial score (nSPS) is 10.6. The standard InChI is InChI=1S/C15H13Cl2N3S/c1-10-2-6-13(7-3-10)19-15(21)20-18-9-11-4-5-12(16)8-14(11)17/h2-9H,1H3,(H2,19,20,21). The van der Waals surface area contributed by atoms with Gasteiger partial charge in [0.15, 0.2) is 5.11 Å². The third kappa shape index (κ3) is 5.01. The zero-order chi connectivity index (χ0) is 15.2. The number of nitrogens with one attached hydrogen (secondary N) is 2. The van der Waals surface area contributed by atoms with Crippen LogP contribution in [0.25, 0.3) is 0 Å². The highest BCUT2D eigenvalue weighted by molar-refractivity contribution is 7.80. The van der Waals surface area contributed by atoms with Gasteiger partial charge in [-0.1, -0.05) is 47.0 Å². The van der Waals surface area contributed by atoms with Crippen molar-refractivity contribution in [2.24, 2.45) is 5.10 Å². The fraction of sp³-hybridized carbons (Fsp3) is 0.0667. The van der Waals surface area contributed by atoms with Crippen molar-refractivity contribution in [2.75, 3.05) is 5.32 Å².